The Labute approximate surface area is 109 Å². The molecule has 1 unspecified atom stereocenters. The summed E-state index contributed by atoms with van der Waals surface area (Å²) in [5.41, 5.74) is 0.538. The molecule has 0 aromatic heterocycles. The lowest BCUT2D eigenvalue weighted by molar-refractivity contribution is -0.384. The number of non-ortho nitro benzene ring substituents is 1. The Morgan fingerprint density at radius 3 is 2.65 bits per heavy atom. The van der Waals surface area contributed by atoms with E-state index in [4.69, 9.17) is 5.26 Å². The van der Waals surface area contributed by atoms with Crippen LogP contribution in [0.1, 0.15) is 25.8 Å². The van der Waals surface area contributed by atoms with Crippen LogP contribution >= 0.6 is 15.9 Å². The lowest BCUT2D eigenvalue weighted by Crippen LogP contribution is -2.16. The second-order valence-electron chi connectivity index (χ2n) is 4.24. The Morgan fingerprint density at radius 2 is 2.24 bits per heavy atom. The van der Waals surface area contributed by atoms with Gasteiger partial charge in [-0.3, -0.25) is 10.1 Å². The molecule has 4 nitrogen and oxygen atoms in total. The van der Waals surface area contributed by atoms with Gasteiger partial charge in [-0.2, -0.15) is 5.26 Å². The predicted molar refractivity (Wildman–Crippen MR) is 68.5 cm³/mol. The molecule has 0 aliphatic carbocycles. The van der Waals surface area contributed by atoms with Crippen molar-refractivity contribution in [1.82, 2.24) is 0 Å². The van der Waals surface area contributed by atoms with E-state index in [-0.39, 0.29) is 5.69 Å². The number of benzene rings is 1. The predicted octanol–water partition coefficient (Wildman–Crippen LogP) is 3.84. The maximum atomic E-state index is 10.6. The van der Waals surface area contributed by atoms with Gasteiger partial charge >= 0.3 is 0 Å². The van der Waals surface area contributed by atoms with Crippen molar-refractivity contribution in [2.24, 2.45) is 5.41 Å². The molecule has 5 heteroatoms. The first-order valence-electron chi connectivity index (χ1n) is 5.26. The zero-order chi connectivity index (χ0) is 13.1. The summed E-state index contributed by atoms with van der Waals surface area (Å²) in [6, 6.07) is 6.93. The summed E-state index contributed by atoms with van der Waals surface area (Å²) in [5, 5.41) is 19.7. The van der Waals surface area contributed by atoms with E-state index in [2.05, 4.69) is 22.0 Å². The van der Waals surface area contributed by atoms with Gasteiger partial charge in [0.25, 0.3) is 5.69 Å². The van der Waals surface area contributed by atoms with Crippen molar-refractivity contribution < 1.29 is 4.92 Å². The number of nitro groups is 1. The minimum Gasteiger partial charge on any atom is -0.258 e. The normalized spacial score (nSPS) is 13.8. The van der Waals surface area contributed by atoms with Crippen LogP contribution in [0.5, 0.6) is 0 Å². The lowest BCUT2D eigenvalue weighted by atomic mass is 9.83. The maximum Gasteiger partial charge on any atom is 0.270 e. The first-order valence-corrected chi connectivity index (χ1v) is 6.05. The fourth-order valence-corrected chi connectivity index (χ4v) is 1.96. The van der Waals surface area contributed by atoms with Crippen molar-refractivity contribution in [3.63, 3.8) is 0 Å². The van der Waals surface area contributed by atoms with Gasteiger partial charge in [0, 0.05) is 16.6 Å². The van der Waals surface area contributed by atoms with Gasteiger partial charge in [0.2, 0.25) is 0 Å². The highest BCUT2D eigenvalue weighted by atomic mass is 79.9. The number of nitro benzene ring substituents is 1. The van der Waals surface area contributed by atoms with Gasteiger partial charge in [0.15, 0.2) is 0 Å². The number of nitrogens with zero attached hydrogens (tertiary/aromatic N) is 2. The van der Waals surface area contributed by atoms with Crippen LogP contribution in [-0.4, -0.2) is 4.92 Å². The Kier molecular flexibility index (Phi) is 4.24. The standard InChI is InChI=1S/C12H13BrN2O2/c1-3-12(2,8-14)7-9-4-5-10(15(16)17)6-11(9)13/h4-6H,3,7H2,1-2H3. The minimum absolute atomic E-state index is 0.0517. The third kappa shape index (κ3) is 3.27. The molecule has 0 fully saturated rings. The average molecular weight is 297 g/mol. The van der Waals surface area contributed by atoms with E-state index < -0.39 is 10.3 Å². The molecule has 0 amide bonds. The van der Waals surface area contributed by atoms with E-state index >= 15 is 0 Å². The van der Waals surface area contributed by atoms with Crippen LogP contribution in [0.3, 0.4) is 0 Å². The molecule has 1 aromatic rings. The Hall–Kier alpha value is -1.41. The van der Waals surface area contributed by atoms with Gasteiger partial charge in [-0.1, -0.05) is 28.9 Å². The quantitative estimate of drug-likeness (QED) is 0.626. The molecule has 1 aromatic carbocycles. The fraction of sp³-hybridized carbons (Fsp3) is 0.417. The molecule has 0 heterocycles. The molecule has 0 aliphatic rings. The van der Waals surface area contributed by atoms with E-state index in [0.29, 0.717) is 10.9 Å². The van der Waals surface area contributed by atoms with Crippen LogP contribution in [0.2, 0.25) is 0 Å². The van der Waals surface area contributed by atoms with Crippen molar-refractivity contribution in [1.29, 1.82) is 5.26 Å². The summed E-state index contributed by atoms with van der Waals surface area (Å²) in [4.78, 5) is 10.2. The smallest absolute Gasteiger partial charge is 0.258 e. The number of hydrogen-bond donors (Lipinski definition) is 0. The van der Waals surface area contributed by atoms with Gasteiger partial charge in [-0.05, 0) is 25.3 Å². The lowest BCUT2D eigenvalue weighted by Gasteiger charge is -2.19. The second-order valence-corrected chi connectivity index (χ2v) is 5.09. The maximum absolute atomic E-state index is 10.6. The van der Waals surface area contributed by atoms with Gasteiger partial charge in [-0.15, -0.1) is 0 Å². The molecule has 0 saturated carbocycles. The molecule has 90 valence electrons. The summed E-state index contributed by atoms with van der Waals surface area (Å²) in [7, 11) is 0. The number of nitriles is 1. The molecular weight excluding hydrogens is 284 g/mol. The molecule has 1 rings (SSSR count). The van der Waals surface area contributed by atoms with E-state index in [1.54, 1.807) is 6.07 Å². The number of halogens is 1. The second kappa shape index (κ2) is 5.28. The van der Waals surface area contributed by atoms with E-state index in [1.807, 2.05) is 13.8 Å². The largest absolute Gasteiger partial charge is 0.270 e. The van der Waals surface area contributed by atoms with E-state index in [0.717, 1.165) is 12.0 Å². The molecule has 0 spiro atoms. The van der Waals surface area contributed by atoms with Crippen LogP contribution in [0, 0.1) is 26.9 Å². The van der Waals surface area contributed by atoms with Gasteiger partial charge < -0.3 is 0 Å². The van der Waals surface area contributed by atoms with Crippen LogP contribution in [0.4, 0.5) is 5.69 Å². The van der Waals surface area contributed by atoms with Crippen molar-refractivity contribution in [3.8, 4) is 6.07 Å². The van der Waals surface area contributed by atoms with E-state index in [9.17, 15) is 10.1 Å². The highest BCUT2D eigenvalue weighted by Gasteiger charge is 2.23. The van der Waals surface area contributed by atoms with E-state index in [1.165, 1.54) is 12.1 Å². The first-order chi connectivity index (χ1) is 7.91. The summed E-state index contributed by atoms with van der Waals surface area (Å²) in [5.74, 6) is 0. The number of hydrogen-bond acceptors (Lipinski definition) is 3. The van der Waals surface area contributed by atoms with Crippen LogP contribution < -0.4 is 0 Å². The average Bonchev–Trinajstić information content (AvgIpc) is 2.31. The molecule has 17 heavy (non-hydrogen) atoms. The van der Waals surface area contributed by atoms with Crippen molar-refractivity contribution in [3.05, 3.63) is 38.3 Å². The third-order valence-corrected chi connectivity index (χ3v) is 3.62. The van der Waals surface area contributed by atoms with Gasteiger partial charge in [-0.25, -0.2) is 0 Å². The highest BCUT2D eigenvalue weighted by Crippen LogP contribution is 2.31. The first kappa shape index (κ1) is 13.7. The molecular formula is C12H13BrN2O2. The Morgan fingerprint density at radius 1 is 1.59 bits per heavy atom. The summed E-state index contributed by atoms with van der Waals surface area (Å²) in [6.07, 6.45) is 1.32. The fourth-order valence-electron chi connectivity index (χ4n) is 1.46. The van der Waals surface area contributed by atoms with Crippen molar-refractivity contribution in [2.75, 3.05) is 0 Å². The molecule has 1 atom stereocenters. The summed E-state index contributed by atoms with van der Waals surface area (Å²) in [6.45, 7) is 3.85. The van der Waals surface area contributed by atoms with Gasteiger partial charge in [0.05, 0.1) is 16.4 Å². The molecule has 0 N–H and O–H groups in total. The summed E-state index contributed by atoms with van der Waals surface area (Å²) < 4.78 is 0.682. The topological polar surface area (TPSA) is 66.9 Å². The zero-order valence-corrected chi connectivity index (χ0v) is 11.3. The Bertz CT molecular complexity index is 482. The number of rotatable bonds is 4. The molecule has 0 saturated heterocycles. The van der Waals surface area contributed by atoms with Gasteiger partial charge in [0.1, 0.15) is 0 Å². The zero-order valence-electron chi connectivity index (χ0n) is 9.74. The van der Waals surface area contributed by atoms with Crippen molar-refractivity contribution in [2.45, 2.75) is 26.7 Å². The van der Waals surface area contributed by atoms with Crippen molar-refractivity contribution >= 4 is 21.6 Å². The van der Waals surface area contributed by atoms with Crippen LogP contribution in [0.25, 0.3) is 0 Å². The monoisotopic (exact) mass is 296 g/mol. The highest BCUT2D eigenvalue weighted by molar-refractivity contribution is 9.10. The Balaban J connectivity index is 3.02. The molecule has 0 radical (unpaired) electrons. The van der Waals surface area contributed by atoms with Crippen LogP contribution in [-0.2, 0) is 6.42 Å². The van der Waals surface area contributed by atoms with Crippen LogP contribution in [0.15, 0.2) is 22.7 Å². The molecule has 0 aliphatic heterocycles. The SMILES string of the molecule is CCC(C)(C#N)Cc1ccc([N+](=O)[O-])cc1Br. The molecule has 0 bridgehead atoms. The third-order valence-electron chi connectivity index (χ3n) is 2.88. The minimum atomic E-state index is -0.433. The summed E-state index contributed by atoms with van der Waals surface area (Å²) >= 11 is 3.31.